The summed E-state index contributed by atoms with van der Waals surface area (Å²) < 4.78 is 5.59. The summed E-state index contributed by atoms with van der Waals surface area (Å²) in [6.07, 6.45) is 3.49. The minimum absolute atomic E-state index is 0.0633. The van der Waals surface area contributed by atoms with Crippen LogP contribution in [0.5, 0.6) is 0 Å². The van der Waals surface area contributed by atoms with Gasteiger partial charge in [0.2, 0.25) is 0 Å². The van der Waals surface area contributed by atoms with Gasteiger partial charge in [-0.3, -0.25) is 0 Å². The first-order valence-corrected chi connectivity index (χ1v) is 7.22. The quantitative estimate of drug-likeness (QED) is 0.884. The normalized spacial score (nSPS) is 18.0. The van der Waals surface area contributed by atoms with Gasteiger partial charge in [0, 0.05) is 24.2 Å². The van der Waals surface area contributed by atoms with Crippen molar-refractivity contribution in [3.8, 4) is 0 Å². The van der Waals surface area contributed by atoms with Crippen LogP contribution >= 0.6 is 0 Å². The lowest BCUT2D eigenvalue weighted by molar-refractivity contribution is 0.0691. The zero-order chi connectivity index (χ0) is 14.7. The van der Waals surface area contributed by atoms with Gasteiger partial charge in [0.05, 0.1) is 11.6 Å². The first kappa shape index (κ1) is 13.8. The first-order valence-electron chi connectivity index (χ1n) is 7.22. The Bertz CT molecular complexity index is 651. The lowest BCUT2D eigenvalue weighted by atomic mass is 10.1. The minimum Gasteiger partial charge on any atom is -0.477 e. The second-order valence-corrected chi connectivity index (χ2v) is 5.23. The molecule has 0 saturated carbocycles. The van der Waals surface area contributed by atoms with Crippen molar-refractivity contribution in [3.05, 3.63) is 36.0 Å². The summed E-state index contributed by atoms with van der Waals surface area (Å²) in [5.74, 6) is -1.01. The molecule has 1 unspecified atom stereocenters. The number of carbonyl (C=O) groups is 1. The van der Waals surface area contributed by atoms with Crippen LogP contribution in [0.15, 0.2) is 30.3 Å². The third-order valence-electron chi connectivity index (χ3n) is 3.74. The number of carboxylic acid groups (broad SMARTS) is 1. The highest BCUT2D eigenvalue weighted by molar-refractivity contribution is 5.97. The van der Waals surface area contributed by atoms with E-state index in [1.54, 1.807) is 6.07 Å². The molecule has 1 atom stereocenters. The zero-order valence-corrected chi connectivity index (χ0v) is 11.7. The molecule has 1 aromatic carbocycles. The van der Waals surface area contributed by atoms with Gasteiger partial charge in [-0.2, -0.15) is 0 Å². The molecular weight excluding hydrogens is 268 g/mol. The summed E-state index contributed by atoms with van der Waals surface area (Å²) in [5.41, 5.74) is 1.57. The molecule has 3 rings (SSSR count). The standard InChI is InChI=1S/C16H18N2O3/c19-16(20)15-10-14(12-5-1-2-6-13(12)18-15)17-8-7-11-4-3-9-21-11/h1-2,5-6,10-11H,3-4,7-9H2,(H,17,18)(H,19,20). The number of hydrogen-bond acceptors (Lipinski definition) is 4. The van der Waals surface area contributed by atoms with Gasteiger partial charge in [-0.15, -0.1) is 0 Å². The smallest absolute Gasteiger partial charge is 0.354 e. The number of benzene rings is 1. The van der Waals surface area contributed by atoms with Crippen LogP contribution in [-0.2, 0) is 4.74 Å². The number of para-hydroxylation sites is 1. The average Bonchev–Trinajstić information content (AvgIpc) is 3.00. The van der Waals surface area contributed by atoms with E-state index in [9.17, 15) is 4.79 Å². The summed E-state index contributed by atoms with van der Waals surface area (Å²) in [6, 6.07) is 9.16. The van der Waals surface area contributed by atoms with E-state index in [0.717, 1.165) is 43.5 Å². The number of hydrogen-bond donors (Lipinski definition) is 2. The van der Waals surface area contributed by atoms with Gasteiger partial charge in [-0.05, 0) is 31.4 Å². The summed E-state index contributed by atoms with van der Waals surface area (Å²) in [4.78, 5) is 15.3. The maximum absolute atomic E-state index is 11.2. The van der Waals surface area contributed by atoms with Gasteiger partial charge in [0.1, 0.15) is 0 Å². The van der Waals surface area contributed by atoms with Crippen molar-refractivity contribution in [3.63, 3.8) is 0 Å². The number of aromatic carboxylic acids is 1. The predicted octanol–water partition coefficient (Wildman–Crippen LogP) is 2.91. The lowest BCUT2D eigenvalue weighted by Crippen LogP contribution is -2.13. The number of fused-ring (bicyclic) bond motifs is 1. The molecule has 1 fully saturated rings. The highest BCUT2D eigenvalue weighted by atomic mass is 16.5. The second kappa shape index (κ2) is 6.10. The van der Waals surface area contributed by atoms with Crippen LogP contribution in [0.2, 0.25) is 0 Å². The Hall–Kier alpha value is -2.14. The van der Waals surface area contributed by atoms with E-state index in [4.69, 9.17) is 9.84 Å². The third kappa shape index (κ3) is 3.13. The van der Waals surface area contributed by atoms with E-state index in [2.05, 4.69) is 10.3 Å². The Morgan fingerprint density at radius 1 is 1.43 bits per heavy atom. The molecule has 1 aliphatic heterocycles. The Morgan fingerprint density at radius 2 is 2.29 bits per heavy atom. The Kier molecular flexibility index (Phi) is 4.01. The molecule has 5 nitrogen and oxygen atoms in total. The fourth-order valence-electron chi connectivity index (χ4n) is 2.67. The van der Waals surface area contributed by atoms with Crippen molar-refractivity contribution in [2.75, 3.05) is 18.5 Å². The van der Waals surface area contributed by atoms with Crippen LogP contribution in [0.4, 0.5) is 5.69 Å². The maximum atomic E-state index is 11.2. The Labute approximate surface area is 123 Å². The molecule has 110 valence electrons. The molecule has 1 aliphatic rings. The third-order valence-corrected chi connectivity index (χ3v) is 3.74. The van der Waals surface area contributed by atoms with Gasteiger partial charge < -0.3 is 15.2 Å². The van der Waals surface area contributed by atoms with Crippen LogP contribution in [0.1, 0.15) is 29.8 Å². The van der Waals surface area contributed by atoms with Gasteiger partial charge in [-0.25, -0.2) is 9.78 Å². The highest BCUT2D eigenvalue weighted by Crippen LogP contribution is 2.24. The number of rotatable bonds is 5. The molecule has 2 N–H and O–H groups in total. The second-order valence-electron chi connectivity index (χ2n) is 5.23. The van der Waals surface area contributed by atoms with Crippen molar-refractivity contribution in [1.82, 2.24) is 4.98 Å². The summed E-state index contributed by atoms with van der Waals surface area (Å²) in [6.45, 7) is 1.61. The fraction of sp³-hybridized carbons (Fsp3) is 0.375. The summed E-state index contributed by atoms with van der Waals surface area (Å²) in [7, 11) is 0. The SMILES string of the molecule is O=C(O)c1cc(NCCC2CCCO2)c2ccccc2n1. The van der Waals surface area contributed by atoms with E-state index in [-0.39, 0.29) is 5.69 Å². The van der Waals surface area contributed by atoms with Crippen LogP contribution in [0.25, 0.3) is 10.9 Å². The van der Waals surface area contributed by atoms with Crippen LogP contribution < -0.4 is 5.32 Å². The molecule has 0 aliphatic carbocycles. The average molecular weight is 286 g/mol. The van der Waals surface area contributed by atoms with Crippen molar-refractivity contribution in [2.24, 2.45) is 0 Å². The van der Waals surface area contributed by atoms with Gasteiger partial charge in [0.25, 0.3) is 0 Å². The van der Waals surface area contributed by atoms with Crippen molar-refractivity contribution < 1.29 is 14.6 Å². The minimum atomic E-state index is -1.01. The highest BCUT2D eigenvalue weighted by Gasteiger charge is 2.15. The van der Waals surface area contributed by atoms with E-state index >= 15 is 0 Å². The summed E-state index contributed by atoms with van der Waals surface area (Å²) in [5, 5.41) is 13.4. The van der Waals surface area contributed by atoms with Crippen molar-refractivity contribution >= 4 is 22.6 Å². The molecule has 2 heterocycles. The van der Waals surface area contributed by atoms with Gasteiger partial charge in [0.15, 0.2) is 5.69 Å². The number of pyridine rings is 1. The number of nitrogens with one attached hydrogen (secondary N) is 1. The Morgan fingerprint density at radius 3 is 3.05 bits per heavy atom. The maximum Gasteiger partial charge on any atom is 0.354 e. The van der Waals surface area contributed by atoms with Crippen LogP contribution in [0.3, 0.4) is 0 Å². The number of carboxylic acids is 1. The Balaban J connectivity index is 1.80. The lowest BCUT2D eigenvalue weighted by Gasteiger charge is -2.13. The van der Waals surface area contributed by atoms with E-state index < -0.39 is 5.97 Å². The van der Waals surface area contributed by atoms with E-state index in [0.29, 0.717) is 11.6 Å². The fourth-order valence-corrected chi connectivity index (χ4v) is 2.67. The largest absolute Gasteiger partial charge is 0.477 e. The summed E-state index contributed by atoms with van der Waals surface area (Å²) >= 11 is 0. The van der Waals surface area contributed by atoms with Crippen molar-refractivity contribution in [1.29, 1.82) is 0 Å². The molecule has 0 radical (unpaired) electrons. The molecule has 5 heteroatoms. The molecule has 0 spiro atoms. The van der Waals surface area contributed by atoms with Gasteiger partial charge >= 0.3 is 5.97 Å². The van der Waals surface area contributed by atoms with Gasteiger partial charge in [-0.1, -0.05) is 18.2 Å². The number of aromatic nitrogens is 1. The first-order chi connectivity index (χ1) is 10.2. The van der Waals surface area contributed by atoms with Crippen LogP contribution in [0, 0.1) is 0 Å². The molecule has 2 aromatic rings. The van der Waals surface area contributed by atoms with Crippen LogP contribution in [-0.4, -0.2) is 35.3 Å². The van der Waals surface area contributed by atoms with E-state index in [1.807, 2.05) is 24.3 Å². The molecule has 1 saturated heterocycles. The number of ether oxygens (including phenoxy) is 1. The number of anilines is 1. The monoisotopic (exact) mass is 286 g/mol. The molecule has 0 amide bonds. The molecule has 21 heavy (non-hydrogen) atoms. The van der Waals surface area contributed by atoms with Crippen molar-refractivity contribution in [2.45, 2.75) is 25.4 Å². The zero-order valence-electron chi connectivity index (χ0n) is 11.7. The number of nitrogens with zero attached hydrogens (tertiary/aromatic N) is 1. The topological polar surface area (TPSA) is 71.5 Å². The molecular formula is C16H18N2O3. The predicted molar refractivity (Wildman–Crippen MR) is 80.8 cm³/mol. The molecule has 1 aromatic heterocycles. The molecule has 0 bridgehead atoms. The van der Waals surface area contributed by atoms with E-state index in [1.165, 1.54) is 0 Å².